The summed E-state index contributed by atoms with van der Waals surface area (Å²) in [5, 5.41) is 13.5. The van der Waals surface area contributed by atoms with Crippen molar-refractivity contribution in [2.45, 2.75) is 49.7 Å². The molecule has 2 aromatic rings. The number of nitrogens with zero attached hydrogens (tertiary/aromatic N) is 4. The SMILES string of the molecule is COc1cc(-c2cc(C(=O)N3CC[C@H](C(=O)N[C@H]4CCN([C@@H]5CNCOC5)C4)CC34CC4)[nH]n2)c(F)cn1. The van der Waals surface area contributed by atoms with Crippen molar-refractivity contribution >= 4 is 11.8 Å². The molecule has 3 N–H and O–H groups in total. The number of H-pyrrole nitrogens is 1. The average Bonchev–Trinajstić information content (AvgIpc) is 3.31. The Morgan fingerprint density at radius 1 is 1.26 bits per heavy atom. The Kier molecular flexibility index (Phi) is 6.79. The lowest BCUT2D eigenvalue weighted by Gasteiger charge is -2.39. The maximum Gasteiger partial charge on any atom is 0.272 e. The molecule has 1 spiro atoms. The molecule has 6 rings (SSSR count). The van der Waals surface area contributed by atoms with Crippen molar-refractivity contribution in [3.05, 3.63) is 29.8 Å². The predicted octanol–water partition coefficient (Wildman–Crippen LogP) is 1.14. The number of pyridine rings is 1. The summed E-state index contributed by atoms with van der Waals surface area (Å²) in [4.78, 5) is 34.8. The minimum atomic E-state index is -0.545. The summed E-state index contributed by atoms with van der Waals surface area (Å²) in [6.45, 7) is 4.55. The molecule has 11 nitrogen and oxygen atoms in total. The van der Waals surface area contributed by atoms with Gasteiger partial charge in [0.1, 0.15) is 5.69 Å². The van der Waals surface area contributed by atoms with Crippen LogP contribution in [-0.2, 0) is 9.53 Å². The molecule has 4 aliphatic rings. The smallest absolute Gasteiger partial charge is 0.272 e. The fraction of sp³-hybridized carbons (Fsp3) is 0.615. The highest BCUT2D eigenvalue weighted by atomic mass is 19.1. The normalized spacial score (nSPS) is 26.9. The van der Waals surface area contributed by atoms with Crippen molar-refractivity contribution in [1.82, 2.24) is 35.6 Å². The molecule has 0 aromatic carbocycles. The van der Waals surface area contributed by atoms with Crippen LogP contribution in [0, 0.1) is 11.7 Å². The van der Waals surface area contributed by atoms with E-state index in [1.54, 1.807) is 6.07 Å². The highest BCUT2D eigenvalue weighted by Gasteiger charge is 2.54. The monoisotopic (exact) mass is 527 g/mol. The number of aromatic nitrogens is 3. The molecule has 3 saturated heterocycles. The second-order valence-electron chi connectivity index (χ2n) is 10.9. The van der Waals surface area contributed by atoms with Crippen LogP contribution in [0.2, 0.25) is 0 Å². The number of amides is 2. The number of rotatable bonds is 6. The molecule has 38 heavy (non-hydrogen) atoms. The van der Waals surface area contributed by atoms with Gasteiger partial charge < -0.3 is 19.7 Å². The fourth-order valence-corrected chi connectivity index (χ4v) is 6.14. The lowest BCUT2D eigenvalue weighted by atomic mass is 9.87. The number of halogens is 1. The second-order valence-corrected chi connectivity index (χ2v) is 10.9. The van der Waals surface area contributed by atoms with Gasteiger partial charge in [-0.15, -0.1) is 0 Å². The second kappa shape index (κ2) is 10.2. The number of piperidine rings is 1. The van der Waals surface area contributed by atoms with Crippen molar-refractivity contribution in [2.75, 3.05) is 46.6 Å². The van der Waals surface area contributed by atoms with Crippen LogP contribution in [-0.4, -0.2) is 101 Å². The average molecular weight is 528 g/mol. The number of aromatic amines is 1. The molecule has 3 atom stereocenters. The van der Waals surface area contributed by atoms with E-state index in [9.17, 15) is 14.0 Å². The zero-order valence-corrected chi connectivity index (χ0v) is 21.5. The molecular weight excluding hydrogens is 493 g/mol. The van der Waals surface area contributed by atoms with Gasteiger partial charge in [-0.25, -0.2) is 9.37 Å². The molecular formula is C26H34FN7O4. The minimum absolute atomic E-state index is 0.0965. The third kappa shape index (κ3) is 4.87. The molecule has 0 unspecified atom stereocenters. The van der Waals surface area contributed by atoms with Gasteiger partial charge in [-0.3, -0.25) is 24.9 Å². The van der Waals surface area contributed by atoms with Gasteiger partial charge in [-0.1, -0.05) is 0 Å². The Morgan fingerprint density at radius 2 is 2.13 bits per heavy atom. The summed E-state index contributed by atoms with van der Waals surface area (Å²) in [5.74, 6) is -0.461. The van der Waals surface area contributed by atoms with Crippen LogP contribution in [0.25, 0.3) is 11.3 Å². The van der Waals surface area contributed by atoms with Gasteiger partial charge in [-0.2, -0.15) is 5.10 Å². The Bertz CT molecular complexity index is 1200. The zero-order valence-electron chi connectivity index (χ0n) is 21.5. The molecule has 12 heteroatoms. The molecule has 1 aliphatic carbocycles. The summed E-state index contributed by atoms with van der Waals surface area (Å²) in [5.41, 5.74) is 0.533. The first-order chi connectivity index (χ1) is 18.5. The molecule has 2 aromatic heterocycles. The summed E-state index contributed by atoms with van der Waals surface area (Å²) >= 11 is 0. The predicted molar refractivity (Wildman–Crippen MR) is 135 cm³/mol. The summed E-state index contributed by atoms with van der Waals surface area (Å²) in [6, 6.07) is 3.52. The molecule has 3 aliphatic heterocycles. The molecule has 2 amide bonds. The summed E-state index contributed by atoms with van der Waals surface area (Å²) in [6.07, 6.45) is 5.06. The first kappa shape index (κ1) is 25.2. The lowest BCUT2D eigenvalue weighted by molar-refractivity contribution is -0.127. The lowest BCUT2D eigenvalue weighted by Crippen LogP contribution is -2.52. The van der Waals surface area contributed by atoms with Crippen LogP contribution in [0.1, 0.15) is 42.6 Å². The third-order valence-corrected chi connectivity index (χ3v) is 8.44. The zero-order chi connectivity index (χ0) is 26.3. The van der Waals surface area contributed by atoms with Gasteiger partial charge >= 0.3 is 0 Å². The Morgan fingerprint density at radius 3 is 2.89 bits per heavy atom. The molecule has 0 radical (unpaired) electrons. The summed E-state index contributed by atoms with van der Waals surface area (Å²) in [7, 11) is 1.45. The van der Waals surface area contributed by atoms with Crippen LogP contribution in [0.4, 0.5) is 4.39 Å². The Balaban J connectivity index is 1.07. The first-order valence-corrected chi connectivity index (χ1v) is 13.4. The van der Waals surface area contributed by atoms with E-state index in [2.05, 4.69) is 30.7 Å². The van der Waals surface area contributed by atoms with Gasteiger partial charge in [0.15, 0.2) is 5.82 Å². The highest BCUT2D eigenvalue weighted by molar-refractivity contribution is 5.94. The van der Waals surface area contributed by atoms with E-state index in [-0.39, 0.29) is 40.8 Å². The van der Waals surface area contributed by atoms with E-state index >= 15 is 0 Å². The Labute approximate surface area is 220 Å². The van der Waals surface area contributed by atoms with E-state index in [0.717, 1.165) is 51.7 Å². The fourth-order valence-electron chi connectivity index (χ4n) is 6.14. The maximum atomic E-state index is 14.4. The van der Waals surface area contributed by atoms with E-state index in [1.165, 1.54) is 13.2 Å². The minimum Gasteiger partial charge on any atom is -0.481 e. The first-order valence-electron chi connectivity index (χ1n) is 13.4. The van der Waals surface area contributed by atoms with Crippen LogP contribution >= 0.6 is 0 Å². The molecule has 5 heterocycles. The molecule has 0 bridgehead atoms. The number of carbonyl (C=O) groups is 2. The highest BCUT2D eigenvalue weighted by Crippen LogP contribution is 2.50. The van der Waals surface area contributed by atoms with Crippen molar-refractivity contribution < 1.29 is 23.5 Å². The van der Waals surface area contributed by atoms with Gasteiger partial charge in [0.05, 0.1) is 32.3 Å². The number of carbonyl (C=O) groups excluding carboxylic acids is 2. The van der Waals surface area contributed by atoms with E-state index in [0.29, 0.717) is 43.5 Å². The number of hydrogen-bond donors (Lipinski definition) is 3. The van der Waals surface area contributed by atoms with E-state index < -0.39 is 5.82 Å². The maximum absolute atomic E-state index is 14.4. The number of methoxy groups -OCH3 is 1. The molecule has 204 valence electrons. The molecule has 4 fully saturated rings. The molecule has 1 saturated carbocycles. The van der Waals surface area contributed by atoms with Crippen LogP contribution in [0.15, 0.2) is 18.3 Å². The topological polar surface area (TPSA) is 125 Å². The largest absolute Gasteiger partial charge is 0.481 e. The van der Waals surface area contributed by atoms with E-state index in [1.807, 2.05) is 4.90 Å². The van der Waals surface area contributed by atoms with Crippen molar-refractivity contribution in [3.63, 3.8) is 0 Å². The quantitative estimate of drug-likeness (QED) is 0.511. The van der Waals surface area contributed by atoms with Gasteiger partial charge in [0, 0.05) is 61.3 Å². The van der Waals surface area contributed by atoms with Crippen LogP contribution < -0.4 is 15.4 Å². The summed E-state index contributed by atoms with van der Waals surface area (Å²) < 4.78 is 25.0. The van der Waals surface area contributed by atoms with E-state index in [4.69, 9.17) is 9.47 Å². The van der Waals surface area contributed by atoms with Crippen molar-refractivity contribution in [2.24, 2.45) is 5.92 Å². The van der Waals surface area contributed by atoms with Crippen LogP contribution in [0.3, 0.4) is 0 Å². The van der Waals surface area contributed by atoms with Gasteiger partial charge in [-0.05, 0) is 38.2 Å². The van der Waals surface area contributed by atoms with Crippen LogP contribution in [0.5, 0.6) is 5.88 Å². The van der Waals surface area contributed by atoms with Crippen molar-refractivity contribution in [3.8, 4) is 17.1 Å². The standard InChI is InChI=1S/C26H34FN7O4/c1-37-23-8-19(20(27)12-29-23)21-9-22(32-31-21)25(36)34-7-2-16(10-26(34)4-5-26)24(35)30-17-3-6-33(13-17)18-11-28-15-38-14-18/h8-9,12,16-18,28H,2-7,10-11,13-15H2,1H3,(H,30,35)(H,31,32)/t16-,17-,18+/m0/s1. The van der Waals surface area contributed by atoms with Gasteiger partial charge in [0.2, 0.25) is 11.8 Å². The Hall–Kier alpha value is -3.09. The number of ether oxygens (including phenoxy) is 2. The van der Waals surface area contributed by atoms with Crippen molar-refractivity contribution in [1.29, 1.82) is 0 Å². The number of hydrogen-bond acceptors (Lipinski definition) is 8. The third-order valence-electron chi connectivity index (χ3n) is 8.44. The van der Waals surface area contributed by atoms with Gasteiger partial charge in [0.25, 0.3) is 5.91 Å². The number of nitrogens with one attached hydrogen (secondary N) is 3. The number of likely N-dealkylation sites (tertiary alicyclic amines) is 2.